The van der Waals surface area contributed by atoms with Crippen LogP contribution in [0.1, 0.15) is 32.1 Å². The lowest BCUT2D eigenvalue weighted by Crippen LogP contribution is -2.45. The fraction of sp³-hybridized carbons (Fsp3) is 0.909. The summed E-state index contributed by atoms with van der Waals surface area (Å²) in [7, 11) is 0. The second-order valence-corrected chi connectivity index (χ2v) is 4.74. The van der Waals surface area contributed by atoms with Gasteiger partial charge in [-0.3, -0.25) is 4.79 Å². The minimum absolute atomic E-state index is 0.136. The summed E-state index contributed by atoms with van der Waals surface area (Å²) < 4.78 is 0. The Balaban J connectivity index is 1.86. The van der Waals surface area contributed by atoms with Gasteiger partial charge in [0.2, 0.25) is 5.91 Å². The van der Waals surface area contributed by atoms with Crippen molar-refractivity contribution in [2.75, 3.05) is 26.2 Å². The van der Waals surface area contributed by atoms with Crippen molar-refractivity contribution in [1.29, 1.82) is 0 Å². The second kappa shape index (κ2) is 4.49. The first-order valence-electron chi connectivity index (χ1n) is 5.91. The average Bonchev–Trinajstić information content (AvgIpc) is 2.70. The predicted octanol–water partition coefficient (Wildman–Crippen LogP) is 0.113. The van der Waals surface area contributed by atoms with Gasteiger partial charge < -0.3 is 15.3 Å². The quantitative estimate of drug-likeness (QED) is 0.683. The first kappa shape index (κ1) is 10.9. The van der Waals surface area contributed by atoms with Gasteiger partial charge in [0.05, 0.1) is 12.0 Å². The fourth-order valence-corrected chi connectivity index (χ4v) is 2.43. The molecule has 0 aromatic carbocycles. The molecule has 0 saturated carbocycles. The third-order valence-electron chi connectivity index (χ3n) is 3.47. The molecular weight excluding hydrogens is 192 g/mol. The summed E-state index contributed by atoms with van der Waals surface area (Å²) in [6, 6.07) is 0. The molecule has 2 fully saturated rings. The molecule has 2 saturated heterocycles. The number of carbonyl (C=O) groups is 1. The van der Waals surface area contributed by atoms with Crippen LogP contribution in [0, 0.1) is 0 Å². The molecular formula is C11H20N2O2. The van der Waals surface area contributed by atoms with Gasteiger partial charge in [0, 0.05) is 13.1 Å². The Labute approximate surface area is 90.6 Å². The molecule has 0 radical (unpaired) electrons. The van der Waals surface area contributed by atoms with E-state index in [9.17, 15) is 9.90 Å². The summed E-state index contributed by atoms with van der Waals surface area (Å²) in [4.78, 5) is 13.8. The topological polar surface area (TPSA) is 52.6 Å². The van der Waals surface area contributed by atoms with E-state index in [2.05, 4.69) is 5.32 Å². The third-order valence-corrected chi connectivity index (χ3v) is 3.47. The van der Waals surface area contributed by atoms with E-state index >= 15 is 0 Å². The number of nitrogens with zero attached hydrogens (tertiary/aromatic N) is 1. The van der Waals surface area contributed by atoms with Crippen molar-refractivity contribution >= 4 is 5.91 Å². The van der Waals surface area contributed by atoms with Gasteiger partial charge in [0.15, 0.2) is 0 Å². The molecule has 4 heteroatoms. The summed E-state index contributed by atoms with van der Waals surface area (Å²) in [5.41, 5.74) is -0.745. The van der Waals surface area contributed by atoms with E-state index in [4.69, 9.17) is 0 Å². The minimum atomic E-state index is -0.745. The van der Waals surface area contributed by atoms with E-state index in [0.29, 0.717) is 19.3 Å². The normalized spacial score (nSPS) is 25.5. The Bertz CT molecular complexity index is 231. The number of likely N-dealkylation sites (tertiary alicyclic amines) is 1. The zero-order chi connectivity index (χ0) is 10.7. The van der Waals surface area contributed by atoms with Crippen LogP contribution in [0.4, 0.5) is 0 Å². The highest BCUT2D eigenvalue weighted by Crippen LogP contribution is 2.24. The average molecular weight is 212 g/mol. The largest absolute Gasteiger partial charge is 0.389 e. The van der Waals surface area contributed by atoms with Crippen molar-refractivity contribution in [2.45, 2.75) is 37.7 Å². The number of carbonyl (C=O) groups excluding carboxylic acids is 1. The van der Waals surface area contributed by atoms with E-state index in [1.165, 1.54) is 0 Å². The Morgan fingerprint density at radius 2 is 1.87 bits per heavy atom. The fourth-order valence-electron chi connectivity index (χ4n) is 2.43. The zero-order valence-corrected chi connectivity index (χ0v) is 9.17. The molecule has 0 aliphatic carbocycles. The molecule has 0 aromatic heterocycles. The molecule has 0 unspecified atom stereocenters. The van der Waals surface area contributed by atoms with Gasteiger partial charge in [-0.1, -0.05) is 0 Å². The predicted molar refractivity (Wildman–Crippen MR) is 57.5 cm³/mol. The van der Waals surface area contributed by atoms with Crippen LogP contribution in [-0.4, -0.2) is 47.7 Å². The molecule has 2 aliphatic heterocycles. The molecule has 0 spiro atoms. The highest BCUT2D eigenvalue weighted by atomic mass is 16.3. The van der Waals surface area contributed by atoms with Crippen molar-refractivity contribution in [2.24, 2.45) is 0 Å². The zero-order valence-electron chi connectivity index (χ0n) is 9.17. The maximum Gasteiger partial charge on any atom is 0.225 e. The second-order valence-electron chi connectivity index (χ2n) is 4.74. The van der Waals surface area contributed by atoms with Crippen LogP contribution >= 0.6 is 0 Å². The first-order valence-corrected chi connectivity index (χ1v) is 5.91. The van der Waals surface area contributed by atoms with E-state index in [-0.39, 0.29) is 5.91 Å². The standard InChI is InChI=1S/C11H20N2O2/c14-10(13-7-1-2-8-13)9-11(15)3-5-12-6-4-11/h12,15H,1-9H2. The number of piperidine rings is 1. The number of amides is 1. The molecule has 2 rings (SSSR count). The van der Waals surface area contributed by atoms with Crippen LogP contribution < -0.4 is 5.32 Å². The summed E-state index contributed by atoms with van der Waals surface area (Å²) in [5, 5.41) is 13.4. The lowest BCUT2D eigenvalue weighted by atomic mass is 9.88. The van der Waals surface area contributed by atoms with Crippen molar-refractivity contribution < 1.29 is 9.90 Å². The first-order chi connectivity index (χ1) is 7.20. The van der Waals surface area contributed by atoms with E-state index in [0.717, 1.165) is 39.0 Å². The molecule has 2 N–H and O–H groups in total. The van der Waals surface area contributed by atoms with Crippen LogP contribution in [0.5, 0.6) is 0 Å². The molecule has 15 heavy (non-hydrogen) atoms. The van der Waals surface area contributed by atoms with Gasteiger partial charge in [-0.25, -0.2) is 0 Å². The summed E-state index contributed by atoms with van der Waals surface area (Å²) >= 11 is 0. The van der Waals surface area contributed by atoms with Gasteiger partial charge in [0.25, 0.3) is 0 Å². The van der Waals surface area contributed by atoms with Crippen LogP contribution in [-0.2, 0) is 4.79 Å². The van der Waals surface area contributed by atoms with Crippen molar-refractivity contribution in [3.8, 4) is 0 Å². The van der Waals surface area contributed by atoms with Gasteiger partial charge in [-0.15, -0.1) is 0 Å². The SMILES string of the molecule is O=C(CC1(O)CCNCC1)N1CCCC1. The minimum Gasteiger partial charge on any atom is -0.389 e. The maximum atomic E-state index is 11.9. The van der Waals surface area contributed by atoms with E-state index < -0.39 is 5.60 Å². The maximum absolute atomic E-state index is 11.9. The summed E-state index contributed by atoms with van der Waals surface area (Å²) in [6.45, 7) is 3.41. The molecule has 1 amide bonds. The third kappa shape index (κ3) is 2.69. The molecule has 0 atom stereocenters. The Morgan fingerprint density at radius 3 is 2.47 bits per heavy atom. The van der Waals surface area contributed by atoms with Gasteiger partial charge in [0.1, 0.15) is 0 Å². The number of hydrogen-bond donors (Lipinski definition) is 2. The summed E-state index contributed by atoms with van der Waals surface area (Å²) in [5.74, 6) is 0.136. The highest BCUT2D eigenvalue weighted by molar-refractivity contribution is 5.77. The number of aliphatic hydroxyl groups is 1. The lowest BCUT2D eigenvalue weighted by molar-refractivity contribution is -0.136. The monoisotopic (exact) mass is 212 g/mol. The van der Waals surface area contributed by atoms with Gasteiger partial charge >= 0.3 is 0 Å². The highest BCUT2D eigenvalue weighted by Gasteiger charge is 2.33. The van der Waals surface area contributed by atoms with Crippen LogP contribution in [0.2, 0.25) is 0 Å². The molecule has 86 valence electrons. The van der Waals surface area contributed by atoms with Crippen molar-refractivity contribution in [1.82, 2.24) is 10.2 Å². The van der Waals surface area contributed by atoms with Crippen molar-refractivity contribution in [3.05, 3.63) is 0 Å². The number of hydrogen-bond acceptors (Lipinski definition) is 3. The number of rotatable bonds is 2. The summed E-state index contributed by atoms with van der Waals surface area (Å²) in [6.07, 6.45) is 3.95. The molecule has 2 aliphatic rings. The van der Waals surface area contributed by atoms with E-state index in [1.807, 2.05) is 4.90 Å². The lowest BCUT2D eigenvalue weighted by Gasteiger charge is -2.33. The van der Waals surface area contributed by atoms with Gasteiger partial charge in [-0.05, 0) is 38.8 Å². The smallest absolute Gasteiger partial charge is 0.225 e. The van der Waals surface area contributed by atoms with Crippen LogP contribution in [0.15, 0.2) is 0 Å². The van der Waals surface area contributed by atoms with Crippen molar-refractivity contribution in [3.63, 3.8) is 0 Å². The van der Waals surface area contributed by atoms with E-state index in [1.54, 1.807) is 0 Å². The molecule has 2 heterocycles. The Morgan fingerprint density at radius 1 is 1.27 bits per heavy atom. The van der Waals surface area contributed by atoms with Gasteiger partial charge in [-0.2, -0.15) is 0 Å². The molecule has 0 bridgehead atoms. The van der Waals surface area contributed by atoms with Crippen LogP contribution in [0.3, 0.4) is 0 Å². The Kier molecular flexibility index (Phi) is 3.26. The Hall–Kier alpha value is -0.610. The number of nitrogens with one attached hydrogen (secondary N) is 1. The molecule has 0 aromatic rings. The van der Waals surface area contributed by atoms with Crippen LogP contribution in [0.25, 0.3) is 0 Å². The molecule has 4 nitrogen and oxygen atoms in total.